The molecule has 0 heterocycles. The van der Waals surface area contributed by atoms with Crippen LogP contribution in [-0.2, 0) is 9.53 Å². The Balaban J connectivity index is 3.80. The van der Waals surface area contributed by atoms with E-state index in [4.69, 9.17) is 4.74 Å². The van der Waals surface area contributed by atoms with Gasteiger partial charge in [0, 0.05) is 6.54 Å². The van der Waals surface area contributed by atoms with Gasteiger partial charge in [-0.25, -0.2) is 4.79 Å². The lowest BCUT2D eigenvalue weighted by Crippen LogP contribution is -2.14. The van der Waals surface area contributed by atoms with E-state index in [1.54, 1.807) is 13.8 Å². The lowest BCUT2D eigenvalue weighted by molar-refractivity contribution is -0.135. The second-order valence-corrected chi connectivity index (χ2v) is 2.19. The molecule has 0 N–H and O–H groups in total. The smallest absolute Gasteiger partial charge is 0.351 e. The minimum Gasteiger partial charge on any atom is -0.462 e. The number of rotatable bonds is 4. The van der Waals surface area contributed by atoms with Gasteiger partial charge in [0.15, 0.2) is 0 Å². The van der Waals surface area contributed by atoms with Gasteiger partial charge < -0.3 is 4.74 Å². The zero-order valence-electron chi connectivity index (χ0n) is 7.39. The van der Waals surface area contributed by atoms with E-state index >= 15 is 0 Å². The average Bonchev–Trinajstić information content (AvgIpc) is 2.00. The molecule has 0 bridgehead atoms. The van der Waals surface area contributed by atoms with Crippen LogP contribution in [0.4, 0.5) is 0 Å². The molecule has 0 saturated heterocycles. The van der Waals surface area contributed by atoms with Gasteiger partial charge in [-0.2, -0.15) is 0 Å². The number of hydrogen-bond acceptors (Lipinski definition) is 3. The van der Waals surface area contributed by atoms with Gasteiger partial charge in [0.25, 0.3) is 0 Å². The third-order valence-corrected chi connectivity index (χ3v) is 1.14. The molecular weight excluding hydrogens is 142 g/mol. The van der Waals surface area contributed by atoms with Crippen LogP contribution in [0.2, 0.25) is 0 Å². The fourth-order valence-electron chi connectivity index (χ4n) is 0.580. The topological polar surface area (TPSA) is 38.7 Å². The van der Waals surface area contributed by atoms with Crippen LogP contribution in [0.1, 0.15) is 27.2 Å². The van der Waals surface area contributed by atoms with Crippen LogP contribution >= 0.6 is 0 Å². The van der Waals surface area contributed by atoms with Crippen molar-refractivity contribution in [2.24, 2.45) is 4.99 Å². The van der Waals surface area contributed by atoms with Crippen molar-refractivity contribution < 1.29 is 9.53 Å². The fraction of sp³-hybridized carbons (Fsp3) is 0.750. The Hall–Kier alpha value is -0.860. The molecule has 0 aliphatic carbocycles. The molecular formula is C8H15NO2. The molecule has 0 rings (SSSR count). The summed E-state index contributed by atoms with van der Waals surface area (Å²) in [7, 11) is 0. The van der Waals surface area contributed by atoms with Crippen LogP contribution < -0.4 is 0 Å². The number of nitrogens with zero attached hydrogens (tertiary/aromatic N) is 1. The SMILES string of the molecule is CCCN=C(C)C(=O)OCC. The van der Waals surface area contributed by atoms with Gasteiger partial charge in [-0.3, -0.25) is 4.99 Å². The summed E-state index contributed by atoms with van der Waals surface area (Å²) in [5, 5.41) is 0. The molecule has 0 saturated carbocycles. The average molecular weight is 157 g/mol. The predicted molar refractivity (Wildman–Crippen MR) is 44.9 cm³/mol. The molecule has 0 aromatic rings. The maximum Gasteiger partial charge on any atom is 0.351 e. The molecule has 0 aliphatic rings. The van der Waals surface area contributed by atoms with Crippen molar-refractivity contribution >= 4 is 11.7 Å². The van der Waals surface area contributed by atoms with Crippen LogP contribution in [0, 0.1) is 0 Å². The zero-order chi connectivity index (χ0) is 8.69. The van der Waals surface area contributed by atoms with Crippen molar-refractivity contribution in [2.45, 2.75) is 27.2 Å². The predicted octanol–water partition coefficient (Wildman–Crippen LogP) is 1.42. The summed E-state index contributed by atoms with van der Waals surface area (Å²) in [6.07, 6.45) is 0.955. The van der Waals surface area contributed by atoms with Crippen molar-refractivity contribution in [3.05, 3.63) is 0 Å². The minimum atomic E-state index is -0.305. The van der Waals surface area contributed by atoms with Crippen molar-refractivity contribution in [3.63, 3.8) is 0 Å². The molecule has 11 heavy (non-hydrogen) atoms. The van der Waals surface area contributed by atoms with Gasteiger partial charge in [-0.15, -0.1) is 0 Å². The molecule has 0 aromatic heterocycles. The minimum absolute atomic E-state index is 0.305. The molecule has 0 atom stereocenters. The van der Waals surface area contributed by atoms with E-state index < -0.39 is 0 Å². The lowest BCUT2D eigenvalue weighted by Gasteiger charge is -1.99. The highest BCUT2D eigenvalue weighted by Crippen LogP contribution is 1.86. The molecule has 0 spiro atoms. The van der Waals surface area contributed by atoms with Crippen LogP contribution in [0.5, 0.6) is 0 Å². The second-order valence-electron chi connectivity index (χ2n) is 2.19. The first-order valence-corrected chi connectivity index (χ1v) is 3.90. The van der Waals surface area contributed by atoms with E-state index in [-0.39, 0.29) is 5.97 Å². The highest BCUT2D eigenvalue weighted by molar-refractivity contribution is 6.35. The quantitative estimate of drug-likeness (QED) is 0.457. The monoisotopic (exact) mass is 157 g/mol. The lowest BCUT2D eigenvalue weighted by atomic mass is 10.4. The van der Waals surface area contributed by atoms with Gasteiger partial charge >= 0.3 is 5.97 Å². The van der Waals surface area contributed by atoms with E-state index in [1.165, 1.54) is 0 Å². The first-order chi connectivity index (χ1) is 5.22. The van der Waals surface area contributed by atoms with E-state index in [1.807, 2.05) is 6.92 Å². The summed E-state index contributed by atoms with van der Waals surface area (Å²) in [4.78, 5) is 14.9. The van der Waals surface area contributed by atoms with Crippen molar-refractivity contribution in [3.8, 4) is 0 Å². The molecule has 0 aliphatic heterocycles. The highest BCUT2D eigenvalue weighted by atomic mass is 16.5. The largest absolute Gasteiger partial charge is 0.462 e. The van der Waals surface area contributed by atoms with Crippen molar-refractivity contribution in [1.29, 1.82) is 0 Å². The number of ether oxygens (including phenoxy) is 1. The third-order valence-electron chi connectivity index (χ3n) is 1.14. The number of aliphatic imine (C=N–C) groups is 1. The Kier molecular flexibility index (Phi) is 5.43. The van der Waals surface area contributed by atoms with Gasteiger partial charge in [0.1, 0.15) is 5.71 Å². The van der Waals surface area contributed by atoms with Crippen LogP contribution in [0.25, 0.3) is 0 Å². The number of carbonyl (C=O) groups is 1. The molecule has 0 unspecified atom stereocenters. The summed E-state index contributed by atoms with van der Waals surface area (Å²) in [6, 6.07) is 0. The normalized spacial score (nSPS) is 11.4. The Morgan fingerprint density at radius 2 is 2.09 bits per heavy atom. The maximum atomic E-state index is 10.9. The summed E-state index contributed by atoms with van der Waals surface area (Å²) in [5.41, 5.74) is 0.466. The van der Waals surface area contributed by atoms with Crippen molar-refractivity contribution in [1.82, 2.24) is 0 Å². The molecule has 0 radical (unpaired) electrons. The van der Waals surface area contributed by atoms with E-state index in [2.05, 4.69) is 4.99 Å². The first-order valence-electron chi connectivity index (χ1n) is 3.90. The molecule has 3 heteroatoms. The molecule has 0 aromatic carbocycles. The summed E-state index contributed by atoms with van der Waals surface area (Å²) < 4.78 is 4.73. The van der Waals surface area contributed by atoms with Gasteiger partial charge in [0.05, 0.1) is 6.61 Å². The Bertz CT molecular complexity index is 152. The Labute approximate surface area is 67.5 Å². The summed E-state index contributed by atoms with van der Waals surface area (Å²) in [6.45, 7) is 6.59. The Morgan fingerprint density at radius 3 is 2.55 bits per heavy atom. The van der Waals surface area contributed by atoms with Crippen LogP contribution in [-0.4, -0.2) is 24.8 Å². The summed E-state index contributed by atoms with van der Waals surface area (Å²) in [5.74, 6) is -0.305. The molecule has 0 fully saturated rings. The number of esters is 1. The zero-order valence-corrected chi connectivity index (χ0v) is 7.39. The van der Waals surface area contributed by atoms with Gasteiger partial charge in [-0.05, 0) is 20.3 Å². The highest BCUT2D eigenvalue weighted by Gasteiger charge is 2.03. The Morgan fingerprint density at radius 1 is 1.45 bits per heavy atom. The van der Waals surface area contributed by atoms with Gasteiger partial charge in [0.2, 0.25) is 0 Å². The fourth-order valence-corrected chi connectivity index (χ4v) is 0.580. The van der Waals surface area contributed by atoms with Gasteiger partial charge in [-0.1, -0.05) is 6.92 Å². The van der Waals surface area contributed by atoms with E-state index in [0.29, 0.717) is 18.9 Å². The van der Waals surface area contributed by atoms with E-state index in [0.717, 1.165) is 6.42 Å². The van der Waals surface area contributed by atoms with E-state index in [9.17, 15) is 4.79 Å². The molecule has 64 valence electrons. The third kappa shape index (κ3) is 4.53. The first kappa shape index (κ1) is 10.1. The maximum absolute atomic E-state index is 10.9. The number of hydrogen-bond donors (Lipinski definition) is 0. The van der Waals surface area contributed by atoms with Crippen LogP contribution in [0.3, 0.4) is 0 Å². The van der Waals surface area contributed by atoms with Crippen molar-refractivity contribution in [2.75, 3.05) is 13.2 Å². The standard InChI is InChI=1S/C8H15NO2/c1-4-6-9-7(3)8(10)11-5-2/h4-6H2,1-3H3. The van der Waals surface area contributed by atoms with Crippen LogP contribution in [0.15, 0.2) is 4.99 Å². The summed E-state index contributed by atoms with van der Waals surface area (Å²) >= 11 is 0. The number of carbonyl (C=O) groups excluding carboxylic acids is 1. The molecule has 3 nitrogen and oxygen atoms in total. The second kappa shape index (κ2) is 5.89. The molecule has 0 amide bonds.